The van der Waals surface area contributed by atoms with Crippen LogP contribution in [0, 0.1) is 0 Å². The topological polar surface area (TPSA) is 6.48 Å². The average Bonchev–Trinajstić information content (AvgIpc) is 2.45. The highest BCUT2D eigenvalue weighted by Crippen LogP contribution is 2.56. The van der Waals surface area contributed by atoms with E-state index in [1.54, 1.807) is 0 Å². The molecular formula is C82H56N2. The molecule has 2 aliphatic rings. The Hall–Kier alpha value is -10.5. The molecule has 2 aliphatic carbocycles. The third-order valence-corrected chi connectivity index (χ3v) is 18.2. The van der Waals surface area contributed by atoms with E-state index in [-0.39, 0.29) is 5.41 Å². The lowest BCUT2D eigenvalue weighted by atomic mass is 9.82. The van der Waals surface area contributed by atoms with Crippen molar-refractivity contribution < 1.29 is 0 Å². The van der Waals surface area contributed by atoms with Crippen molar-refractivity contribution in [2.24, 2.45) is 0 Å². The van der Waals surface area contributed by atoms with Gasteiger partial charge in [-0.1, -0.05) is 233 Å². The molecule has 0 aromatic heterocycles. The van der Waals surface area contributed by atoms with Crippen molar-refractivity contribution in [1.82, 2.24) is 0 Å². The lowest BCUT2D eigenvalue weighted by molar-refractivity contribution is 0.590. The van der Waals surface area contributed by atoms with Gasteiger partial charge in [-0.3, -0.25) is 0 Å². The number of hydrogen-bond donors (Lipinski definition) is 0. The van der Waals surface area contributed by atoms with Crippen LogP contribution in [0.3, 0.4) is 0 Å². The molecule has 0 heterocycles. The first-order chi connectivity index (χ1) is 41.3. The standard InChI is InChI=1S/C82H56N2/c1-82(2,3)55-33-37-57(38-34-55)84(59-36-32-52-18-8-10-20-54(52)48-59)61-40-42-75-77(50-61)81(73-46-44-71-65-26-14-12-24-63(65)67-28-16-30-69(73)79(67)71)74-41-39-60(83(56-21-5-4-6-22-56)58-35-31-51-17-7-9-19-53(51)47-58)49-76(74)80(75)72-45-43-70-64-25-13-11-23-62(64)66-27-15-29-68(72)78(66)70/h4-50H,1-3H3. The van der Waals surface area contributed by atoms with Crippen LogP contribution >= 0.6 is 0 Å². The minimum atomic E-state index is 0.00150. The summed E-state index contributed by atoms with van der Waals surface area (Å²) in [6, 6.07) is 107. The van der Waals surface area contributed by atoms with E-state index >= 15 is 0 Å². The van der Waals surface area contributed by atoms with Gasteiger partial charge in [0.1, 0.15) is 0 Å². The van der Waals surface area contributed by atoms with E-state index in [1.807, 2.05) is 0 Å². The first-order valence-corrected chi connectivity index (χ1v) is 29.4. The summed E-state index contributed by atoms with van der Waals surface area (Å²) in [5.74, 6) is 0. The van der Waals surface area contributed by atoms with Crippen molar-refractivity contribution in [3.63, 3.8) is 0 Å². The first-order valence-electron chi connectivity index (χ1n) is 29.4. The van der Waals surface area contributed by atoms with E-state index in [4.69, 9.17) is 0 Å². The van der Waals surface area contributed by atoms with Crippen LogP contribution in [0.15, 0.2) is 285 Å². The monoisotopic (exact) mass is 1070 g/mol. The van der Waals surface area contributed by atoms with Gasteiger partial charge in [0.25, 0.3) is 0 Å². The molecule has 0 aliphatic heterocycles. The molecule has 0 saturated heterocycles. The van der Waals surface area contributed by atoms with Crippen LogP contribution in [0.2, 0.25) is 0 Å². The van der Waals surface area contributed by atoms with E-state index in [1.165, 1.54) is 137 Å². The number of nitrogens with zero attached hydrogens (tertiary/aromatic N) is 2. The number of rotatable bonds is 8. The summed E-state index contributed by atoms with van der Waals surface area (Å²) in [6.45, 7) is 6.88. The average molecular weight is 1070 g/mol. The van der Waals surface area contributed by atoms with Crippen LogP contribution in [0.1, 0.15) is 26.3 Å². The predicted molar refractivity (Wildman–Crippen MR) is 359 cm³/mol. The van der Waals surface area contributed by atoms with Gasteiger partial charge >= 0.3 is 0 Å². The Morgan fingerprint density at radius 1 is 0.214 bits per heavy atom. The summed E-state index contributed by atoms with van der Waals surface area (Å²) < 4.78 is 0. The Morgan fingerprint density at radius 3 is 1.01 bits per heavy atom. The molecule has 394 valence electrons. The summed E-state index contributed by atoms with van der Waals surface area (Å²) in [5.41, 5.74) is 23.1. The van der Waals surface area contributed by atoms with Crippen LogP contribution in [-0.2, 0) is 5.41 Å². The maximum absolute atomic E-state index is 2.51. The zero-order chi connectivity index (χ0) is 55.8. The Labute approximate surface area is 489 Å². The van der Waals surface area contributed by atoms with Crippen LogP contribution in [0.5, 0.6) is 0 Å². The van der Waals surface area contributed by atoms with Gasteiger partial charge in [-0.2, -0.15) is 0 Å². The zero-order valence-electron chi connectivity index (χ0n) is 47.0. The molecule has 15 aromatic rings. The number of hydrogen-bond acceptors (Lipinski definition) is 2. The van der Waals surface area contributed by atoms with Crippen molar-refractivity contribution in [2.45, 2.75) is 26.2 Å². The highest BCUT2D eigenvalue weighted by atomic mass is 15.1. The van der Waals surface area contributed by atoms with Gasteiger partial charge in [-0.05, 0) is 215 Å². The van der Waals surface area contributed by atoms with Crippen LogP contribution in [0.25, 0.3) is 131 Å². The molecule has 84 heavy (non-hydrogen) atoms. The predicted octanol–water partition coefficient (Wildman–Crippen LogP) is 23.5. The fourth-order valence-electron chi connectivity index (χ4n) is 14.3. The summed E-state index contributed by atoms with van der Waals surface area (Å²) in [4.78, 5) is 4.91. The number of anilines is 6. The minimum Gasteiger partial charge on any atom is -0.310 e. The molecule has 0 saturated carbocycles. The maximum Gasteiger partial charge on any atom is 0.0468 e. The van der Waals surface area contributed by atoms with Gasteiger partial charge < -0.3 is 9.80 Å². The largest absolute Gasteiger partial charge is 0.310 e. The molecule has 17 rings (SSSR count). The van der Waals surface area contributed by atoms with Gasteiger partial charge in [0.05, 0.1) is 0 Å². The van der Waals surface area contributed by atoms with E-state index in [2.05, 4.69) is 316 Å². The molecule has 0 atom stereocenters. The smallest absolute Gasteiger partial charge is 0.0468 e. The van der Waals surface area contributed by atoms with Gasteiger partial charge in [-0.15, -0.1) is 0 Å². The summed E-state index contributed by atoms with van der Waals surface area (Å²) in [7, 11) is 0. The summed E-state index contributed by atoms with van der Waals surface area (Å²) >= 11 is 0. The van der Waals surface area contributed by atoms with Crippen molar-refractivity contribution in [2.75, 3.05) is 9.80 Å². The first kappa shape index (κ1) is 48.2. The Balaban J connectivity index is 1.01. The van der Waals surface area contributed by atoms with Crippen LogP contribution in [0.4, 0.5) is 34.1 Å². The molecule has 0 bridgehead atoms. The maximum atomic E-state index is 2.51. The van der Waals surface area contributed by atoms with E-state index in [0.29, 0.717) is 0 Å². The van der Waals surface area contributed by atoms with Gasteiger partial charge in [0, 0.05) is 34.1 Å². The van der Waals surface area contributed by atoms with Crippen molar-refractivity contribution >= 4 is 98.8 Å². The second kappa shape index (κ2) is 18.5. The van der Waals surface area contributed by atoms with Crippen molar-refractivity contribution in [3.8, 4) is 66.8 Å². The third kappa shape index (κ3) is 7.37. The van der Waals surface area contributed by atoms with E-state index < -0.39 is 0 Å². The SMILES string of the molecule is CC(C)(C)c1ccc(N(c2ccc3ccccc3c2)c2ccc3c(-c4ccc5c6c(cccc46)-c4ccccc4-5)c4cc(N(c5ccccc5)c5ccc6ccccc6c5)ccc4c(-c4ccc5c6c(cccc46)-c4ccccc4-5)c3c2)cc1. The molecule has 2 heteroatoms. The minimum absolute atomic E-state index is 0.00150. The molecule has 0 fully saturated rings. The van der Waals surface area contributed by atoms with Crippen LogP contribution < -0.4 is 9.80 Å². The fraction of sp³-hybridized carbons (Fsp3) is 0.0488. The lowest BCUT2D eigenvalue weighted by Gasteiger charge is -2.29. The van der Waals surface area contributed by atoms with Crippen LogP contribution in [-0.4, -0.2) is 0 Å². The molecule has 2 nitrogen and oxygen atoms in total. The second-order valence-corrected chi connectivity index (χ2v) is 23.9. The molecule has 0 unspecified atom stereocenters. The third-order valence-electron chi connectivity index (χ3n) is 18.2. The fourth-order valence-corrected chi connectivity index (χ4v) is 14.3. The van der Waals surface area contributed by atoms with Crippen molar-refractivity contribution in [3.05, 3.63) is 291 Å². The molecule has 0 N–H and O–H groups in total. The number of para-hydroxylation sites is 1. The molecule has 0 spiro atoms. The Bertz CT molecular complexity index is 5180. The molecular weight excluding hydrogens is 1010 g/mol. The lowest BCUT2D eigenvalue weighted by Crippen LogP contribution is -2.13. The van der Waals surface area contributed by atoms with Gasteiger partial charge in [0.2, 0.25) is 0 Å². The quantitative estimate of drug-likeness (QED) is 0.140. The molecule has 0 radical (unpaired) electrons. The van der Waals surface area contributed by atoms with Gasteiger partial charge in [0.15, 0.2) is 0 Å². The Kier molecular flexibility index (Phi) is 10.6. The molecule has 0 amide bonds. The second-order valence-electron chi connectivity index (χ2n) is 23.9. The highest BCUT2D eigenvalue weighted by Gasteiger charge is 2.29. The molecule has 15 aromatic carbocycles. The van der Waals surface area contributed by atoms with E-state index in [0.717, 1.165) is 34.1 Å². The number of benzene rings is 15. The summed E-state index contributed by atoms with van der Waals surface area (Å²) in [5, 5.41) is 14.7. The van der Waals surface area contributed by atoms with Crippen molar-refractivity contribution in [1.29, 1.82) is 0 Å². The summed E-state index contributed by atoms with van der Waals surface area (Å²) in [6.07, 6.45) is 0. The zero-order valence-corrected chi connectivity index (χ0v) is 47.0. The number of fused-ring (bicyclic) bond motifs is 10. The Morgan fingerprint density at radius 2 is 0.560 bits per heavy atom. The normalized spacial score (nSPS) is 12.2. The highest BCUT2D eigenvalue weighted by molar-refractivity contribution is 6.30. The van der Waals surface area contributed by atoms with Gasteiger partial charge in [-0.25, -0.2) is 0 Å². The van der Waals surface area contributed by atoms with E-state index in [9.17, 15) is 0 Å².